The van der Waals surface area contributed by atoms with E-state index in [2.05, 4.69) is 15.4 Å². The number of benzene rings is 2. The molecular weight excluding hydrogens is 503 g/mol. The summed E-state index contributed by atoms with van der Waals surface area (Å²) in [6, 6.07) is 11.7. The van der Waals surface area contributed by atoms with Crippen molar-refractivity contribution >= 4 is 27.6 Å². The molecule has 0 spiro atoms. The van der Waals surface area contributed by atoms with Crippen molar-refractivity contribution in [2.75, 3.05) is 38.9 Å². The van der Waals surface area contributed by atoms with E-state index in [1.807, 2.05) is 0 Å². The maximum absolute atomic E-state index is 14.6. The highest BCUT2D eigenvalue weighted by Gasteiger charge is 2.33. The Kier molecular flexibility index (Phi) is 8.00. The first kappa shape index (κ1) is 26.5. The molecule has 1 aliphatic heterocycles. The number of rotatable bonds is 9. The molecule has 5 rings (SSSR count). The van der Waals surface area contributed by atoms with E-state index >= 15 is 0 Å². The van der Waals surface area contributed by atoms with Crippen molar-refractivity contribution in [3.63, 3.8) is 0 Å². The molecule has 2 aromatic carbocycles. The molecule has 1 amide bonds. The van der Waals surface area contributed by atoms with Crippen LogP contribution in [-0.4, -0.2) is 80.8 Å². The third-order valence-electron chi connectivity index (χ3n) is 6.16. The van der Waals surface area contributed by atoms with Crippen LogP contribution in [0.4, 0.5) is 4.39 Å². The largest absolute Gasteiger partial charge is 0.488 e. The van der Waals surface area contributed by atoms with Crippen LogP contribution in [0.25, 0.3) is 33.6 Å². The number of carbonyl (C=O) groups is 1. The Balaban J connectivity index is 0.00000200. The van der Waals surface area contributed by atoms with Gasteiger partial charge in [-0.25, -0.2) is 4.39 Å². The van der Waals surface area contributed by atoms with Crippen molar-refractivity contribution in [2.24, 2.45) is 0 Å². The summed E-state index contributed by atoms with van der Waals surface area (Å²) in [7, 11) is 0.604. The maximum atomic E-state index is 14.6. The molecule has 3 N–H and O–H groups in total. The first-order valence-corrected chi connectivity index (χ1v) is 13.1. The Bertz CT molecular complexity index is 1430. The number of methoxy groups -OCH3 is 1. The lowest BCUT2D eigenvalue weighted by Crippen LogP contribution is -2.53. The van der Waals surface area contributed by atoms with E-state index in [4.69, 9.17) is 14.0 Å². The second kappa shape index (κ2) is 11.2. The maximum Gasteiger partial charge on any atom is 0.254 e. The molecule has 2 atom stereocenters. The Morgan fingerprint density at radius 3 is 2.73 bits per heavy atom. The van der Waals surface area contributed by atoms with Gasteiger partial charge < -0.3 is 24.4 Å². The monoisotopic (exact) mass is 532 g/mol. The lowest BCUT2D eigenvalue weighted by Gasteiger charge is -2.40. The van der Waals surface area contributed by atoms with Gasteiger partial charge in [-0.05, 0) is 24.6 Å². The molecule has 12 heteroatoms. The fraction of sp³-hybridized carbons (Fsp3) is 0.320. The van der Waals surface area contributed by atoms with Gasteiger partial charge in [0.25, 0.3) is 5.91 Å². The molecule has 198 valence electrons. The van der Waals surface area contributed by atoms with E-state index in [0.717, 1.165) is 12.0 Å². The molecule has 3 heterocycles. The minimum absolute atomic E-state index is 0. The minimum atomic E-state index is -0.942. The highest BCUT2D eigenvalue weighted by atomic mass is 32.2. The van der Waals surface area contributed by atoms with Crippen molar-refractivity contribution in [3.05, 3.63) is 53.8 Å². The van der Waals surface area contributed by atoms with Crippen LogP contribution in [-0.2, 0) is 15.5 Å². The summed E-state index contributed by atoms with van der Waals surface area (Å²) < 4.78 is 41.9. The summed E-state index contributed by atoms with van der Waals surface area (Å²) in [5.74, 6) is 0.393. The normalized spacial score (nSPS) is 15.8. The summed E-state index contributed by atoms with van der Waals surface area (Å²) in [4.78, 5) is 14.6. The lowest BCUT2D eigenvalue weighted by atomic mass is 10.0. The molecule has 0 bridgehead atoms. The van der Waals surface area contributed by atoms with Gasteiger partial charge in [0.2, 0.25) is 0 Å². The fourth-order valence-electron chi connectivity index (χ4n) is 4.18. The Labute approximate surface area is 216 Å². The SMILES string of the molecule is COCCOc1cc2[nH]nc(-c3cc(-c4ccc(C(=O)N5CC[C@H]5CS(C)=O)cc4)no3)c2cc1F.O.[HH]. The number of nitrogens with zero attached hydrogens (tertiary/aromatic N) is 3. The van der Waals surface area contributed by atoms with Gasteiger partial charge in [-0.15, -0.1) is 0 Å². The van der Waals surface area contributed by atoms with Crippen LogP contribution in [0.5, 0.6) is 5.75 Å². The van der Waals surface area contributed by atoms with E-state index < -0.39 is 16.6 Å². The molecule has 1 saturated heterocycles. The number of H-pyrrole nitrogens is 1. The number of amides is 1. The molecule has 10 nitrogen and oxygen atoms in total. The zero-order valence-electron chi connectivity index (χ0n) is 20.3. The minimum Gasteiger partial charge on any atom is -0.488 e. The molecule has 37 heavy (non-hydrogen) atoms. The number of aromatic amines is 1. The smallest absolute Gasteiger partial charge is 0.254 e. The third kappa shape index (κ3) is 5.41. The number of nitrogens with one attached hydrogen (secondary N) is 1. The third-order valence-corrected chi connectivity index (χ3v) is 7.02. The van der Waals surface area contributed by atoms with Crippen molar-refractivity contribution in [3.8, 4) is 28.5 Å². The zero-order valence-corrected chi connectivity index (χ0v) is 21.1. The average molecular weight is 533 g/mol. The molecule has 4 aromatic rings. The van der Waals surface area contributed by atoms with Gasteiger partial charge in [-0.3, -0.25) is 14.1 Å². The standard InChI is InChI=1S/C25H25FN4O5S.H2O.H2/c1-33-9-10-34-22-13-21-18(11-19(22)26)24(28-27-21)23-12-20(29-35-23)15-3-5-16(6-4-15)25(31)30-8-7-17(30)14-36(2)32;;/h3-6,11-13,17H,7-10,14H2,1-2H3,(H,27,28);1H2;1H/t17-,36?;;/m0../s1. The van der Waals surface area contributed by atoms with Crippen LogP contribution >= 0.6 is 0 Å². The second-order valence-corrected chi connectivity index (χ2v) is 10.1. The van der Waals surface area contributed by atoms with Gasteiger partial charge in [0.05, 0.1) is 12.1 Å². The van der Waals surface area contributed by atoms with E-state index in [1.165, 1.54) is 6.07 Å². The number of hydrogen-bond donors (Lipinski definition) is 1. The molecule has 1 unspecified atom stereocenters. The zero-order chi connectivity index (χ0) is 25.2. The molecule has 1 fully saturated rings. The van der Waals surface area contributed by atoms with E-state index in [0.29, 0.717) is 52.5 Å². The second-order valence-electron chi connectivity index (χ2n) is 8.58. The molecule has 2 aromatic heterocycles. The quantitative estimate of drug-likeness (QED) is 0.327. The number of halogens is 1. The van der Waals surface area contributed by atoms with Crippen LogP contribution in [0.2, 0.25) is 0 Å². The molecule has 0 saturated carbocycles. The fourth-order valence-corrected chi connectivity index (χ4v) is 5.06. The highest BCUT2D eigenvalue weighted by molar-refractivity contribution is 7.84. The van der Waals surface area contributed by atoms with Gasteiger partial charge in [-0.2, -0.15) is 5.10 Å². The van der Waals surface area contributed by atoms with Crippen LogP contribution in [0.1, 0.15) is 18.2 Å². The number of fused-ring (bicyclic) bond motifs is 1. The van der Waals surface area contributed by atoms with Crippen LogP contribution < -0.4 is 4.74 Å². The summed E-state index contributed by atoms with van der Waals surface area (Å²) in [6.45, 7) is 1.25. The molecular formula is C25H29FN4O6S. The molecule has 0 radical (unpaired) electrons. The summed E-state index contributed by atoms with van der Waals surface area (Å²) in [6.07, 6.45) is 2.53. The topological polar surface area (TPSA) is 142 Å². The van der Waals surface area contributed by atoms with Crippen LogP contribution in [0.3, 0.4) is 0 Å². The number of ether oxygens (including phenoxy) is 2. The number of carbonyl (C=O) groups excluding carboxylic acids is 1. The van der Waals surface area contributed by atoms with Gasteiger partial charge >= 0.3 is 0 Å². The van der Waals surface area contributed by atoms with Crippen molar-refractivity contribution in [1.82, 2.24) is 20.3 Å². The Morgan fingerprint density at radius 2 is 2.05 bits per heavy atom. The van der Waals surface area contributed by atoms with Crippen molar-refractivity contribution in [2.45, 2.75) is 12.5 Å². The van der Waals surface area contributed by atoms with Gasteiger partial charge in [0, 0.05) is 72.6 Å². The Hall–Kier alpha value is -3.61. The molecule has 1 aliphatic rings. The summed E-state index contributed by atoms with van der Waals surface area (Å²) in [5, 5.41) is 11.8. The number of likely N-dealkylation sites (tertiary alicyclic amines) is 1. The summed E-state index contributed by atoms with van der Waals surface area (Å²) >= 11 is 0. The number of aromatic nitrogens is 3. The van der Waals surface area contributed by atoms with Crippen molar-refractivity contribution in [1.29, 1.82) is 0 Å². The summed E-state index contributed by atoms with van der Waals surface area (Å²) in [5.41, 5.74) is 2.90. The first-order chi connectivity index (χ1) is 17.4. The Morgan fingerprint density at radius 1 is 1.27 bits per heavy atom. The average Bonchev–Trinajstić information content (AvgIpc) is 3.49. The highest BCUT2D eigenvalue weighted by Crippen LogP contribution is 2.33. The van der Waals surface area contributed by atoms with Gasteiger partial charge in [-0.1, -0.05) is 17.3 Å². The first-order valence-electron chi connectivity index (χ1n) is 11.4. The van der Waals surface area contributed by atoms with Gasteiger partial charge in [0.1, 0.15) is 18.0 Å². The number of hydrogen-bond acceptors (Lipinski definition) is 7. The van der Waals surface area contributed by atoms with Crippen LogP contribution in [0.15, 0.2) is 47.0 Å². The molecule has 0 aliphatic carbocycles. The van der Waals surface area contributed by atoms with Crippen molar-refractivity contribution < 1.29 is 34.3 Å². The van der Waals surface area contributed by atoms with E-state index in [1.54, 1.807) is 54.7 Å². The van der Waals surface area contributed by atoms with Gasteiger partial charge in [0.15, 0.2) is 17.3 Å². The lowest BCUT2D eigenvalue weighted by molar-refractivity contribution is 0.0510. The van der Waals surface area contributed by atoms with E-state index in [9.17, 15) is 13.4 Å². The predicted octanol–water partition coefficient (Wildman–Crippen LogP) is 3.06. The van der Waals surface area contributed by atoms with E-state index in [-0.39, 0.29) is 31.2 Å². The predicted molar refractivity (Wildman–Crippen MR) is 138 cm³/mol. The van der Waals surface area contributed by atoms with Crippen LogP contribution in [0, 0.1) is 5.82 Å².